The van der Waals surface area contributed by atoms with Crippen LogP contribution < -0.4 is 10.2 Å². The number of pyridine rings is 1. The van der Waals surface area contributed by atoms with Crippen molar-refractivity contribution in [2.75, 3.05) is 25.5 Å². The first-order valence-corrected chi connectivity index (χ1v) is 9.13. The van der Waals surface area contributed by atoms with Crippen molar-refractivity contribution in [2.24, 2.45) is 0 Å². The van der Waals surface area contributed by atoms with E-state index in [1.165, 1.54) is 6.07 Å². The molecule has 1 aromatic carbocycles. The van der Waals surface area contributed by atoms with Gasteiger partial charge < -0.3 is 15.2 Å². The highest BCUT2D eigenvalue weighted by Crippen LogP contribution is 2.25. The number of fused-ring (bicyclic) bond motifs is 1. The number of carbonyl (C=O) groups is 1. The minimum Gasteiger partial charge on any atom is -0.378 e. The maximum atomic E-state index is 14.3. The molecule has 0 bridgehead atoms. The number of benzene rings is 1. The number of halogens is 1. The van der Waals surface area contributed by atoms with Crippen LogP contribution >= 0.6 is 0 Å². The van der Waals surface area contributed by atoms with E-state index in [9.17, 15) is 9.18 Å². The molecular formula is C22H21FN4O. The maximum Gasteiger partial charge on any atom is 0.253 e. The molecule has 1 aliphatic rings. The number of carbonyl (C=O) groups excluding carboxylic acids is 1. The lowest BCUT2D eigenvalue weighted by Gasteiger charge is -2.12. The number of H-pyrrole nitrogens is 1. The topological polar surface area (TPSA) is 61.0 Å². The molecule has 4 rings (SSSR count). The second-order valence-electron chi connectivity index (χ2n) is 6.98. The fraction of sp³-hybridized carbons (Fsp3) is 0.182. The van der Waals surface area contributed by atoms with Crippen LogP contribution in [0.4, 0.5) is 10.1 Å². The lowest BCUT2D eigenvalue weighted by atomic mass is 10.1. The van der Waals surface area contributed by atoms with Gasteiger partial charge in [-0.1, -0.05) is 0 Å². The zero-order valence-electron chi connectivity index (χ0n) is 15.8. The molecule has 0 fully saturated rings. The molecule has 3 heterocycles. The zero-order valence-corrected chi connectivity index (χ0v) is 15.8. The fourth-order valence-electron chi connectivity index (χ4n) is 3.26. The van der Waals surface area contributed by atoms with Crippen LogP contribution in [0.25, 0.3) is 23.4 Å². The second-order valence-corrected chi connectivity index (χ2v) is 6.98. The highest BCUT2D eigenvalue weighted by atomic mass is 19.1. The number of aromatic amines is 1. The summed E-state index contributed by atoms with van der Waals surface area (Å²) in [5.41, 5.74) is 5.49. The van der Waals surface area contributed by atoms with Crippen LogP contribution in [0.2, 0.25) is 0 Å². The number of amides is 1. The fourth-order valence-corrected chi connectivity index (χ4v) is 3.26. The first-order valence-electron chi connectivity index (χ1n) is 9.13. The molecule has 0 radical (unpaired) electrons. The lowest BCUT2D eigenvalue weighted by Crippen LogP contribution is -2.31. The number of anilines is 1. The van der Waals surface area contributed by atoms with Gasteiger partial charge in [-0.2, -0.15) is 0 Å². The molecule has 0 atom stereocenters. The summed E-state index contributed by atoms with van der Waals surface area (Å²) in [4.78, 5) is 21.5. The molecule has 142 valence electrons. The Morgan fingerprint density at radius 3 is 2.75 bits per heavy atom. The van der Waals surface area contributed by atoms with Crippen molar-refractivity contribution in [3.8, 4) is 11.3 Å². The molecule has 0 saturated carbocycles. The van der Waals surface area contributed by atoms with E-state index in [0.717, 1.165) is 29.1 Å². The van der Waals surface area contributed by atoms with E-state index >= 15 is 0 Å². The quantitative estimate of drug-likeness (QED) is 0.729. The SMILES string of the molecule is CN(C)c1ccc(/C=C/c2cc(-c3cc4c([nH]3)CCNC4=O)ccn2)c(F)c1. The van der Waals surface area contributed by atoms with Gasteiger partial charge in [0, 0.05) is 61.5 Å². The molecular weight excluding hydrogens is 355 g/mol. The first-order chi connectivity index (χ1) is 13.5. The highest BCUT2D eigenvalue weighted by molar-refractivity contribution is 5.97. The van der Waals surface area contributed by atoms with Crippen LogP contribution in [0, 0.1) is 5.82 Å². The molecule has 0 saturated heterocycles. The van der Waals surface area contributed by atoms with Crippen molar-refractivity contribution in [3.63, 3.8) is 0 Å². The third-order valence-corrected chi connectivity index (χ3v) is 4.83. The summed E-state index contributed by atoms with van der Waals surface area (Å²) in [7, 11) is 3.75. The Labute approximate surface area is 162 Å². The number of hydrogen-bond acceptors (Lipinski definition) is 3. The van der Waals surface area contributed by atoms with E-state index in [1.807, 2.05) is 43.3 Å². The van der Waals surface area contributed by atoms with E-state index < -0.39 is 0 Å². The normalized spacial score (nSPS) is 13.5. The van der Waals surface area contributed by atoms with Crippen LogP contribution in [-0.4, -0.2) is 36.5 Å². The van der Waals surface area contributed by atoms with Gasteiger partial charge in [-0.15, -0.1) is 0 Å². The minimum absolute atomic E-state index is 0.0467. The van der Waals surface area contributed by atoms with Gasteiger partial charge in [0.05, 0.1) is 11.3 Å². The van der Waals surface area contributed by atoms with Crippen molar-refractivity contribution in [2.45, 2.75) is 6.42 Å². The Morgan fingerprint density at radius 2 is 2.00 bits per heavy atom. The van der Waals surface area contributed by atoms with Gasteiger partial charge in [-0.25, -0.2) is 4.39 Å². The number of nitrogens with one attached hydrogen (secondary N) is 2. The summed E-state index contributed by atoms with van der Waals surface area (Å²) in [6.07, 6.45) is 6.00. The molecule has 2 N–H and O–H groups in total. The molecule has 28 heavy (non-hydrogen) atoms. The molecule has 1 aliphatic heterocycles. The van der Waals surface area contributed by atoms with Gasteiger partial charge in [-0.05, 0) is 48.6 Å². The van der Waals surface area contributed by atoms with Crippen LogP contribution in [-0.2, 0) is 6.42 Å². The summed E-state index contributed by atoms with van der Waals surface area (Å²) in [6.45, 7) is 0.647. The Hall–Kier alpha value is -3.41. The van der Waals surface area contributed by atoms with E-state index in [0.29, 0.717) is 23.4 Å². The van der Waals surface area contributed by atoms with Gasteiger partial charge in [0.1, 0.15) is 5.82 Å². The number of nitrogens with zero attached hydrogens (tertiary/aromatic N) is 2. The molecule has 3 aromatic rings. The molecule has 2 aromatic heterocycles. The standard InChI is InChI=1S/C22H21FN4O/c1-27(2)17-6-4-14(19(23)12-17)3-5-16-11-15(7-9-24-16)21-13-18-20(26-21)8-10-25-22(18)28/h3-7,9,11-13,26H,8,10H2,1-2H3,(H,25,28)/b5-3+. The number of hydrogen-bond donors (Lipinski definition) is 2. The van der Waals surface area contributed by atoms with Crippen molar-refractivity contribution < 1.29 is 9.18 Å². The van der Waals surface area contributed by atoms with Crippen LogP contribution in [0.1, 0.15) is 27.3 Å². The molecule has 0 aliphatic carbocycles. The summed E-state index contributed by atoms with van der Waals surface area (Å²) >= 11 is 0. The smallest absolute Gasteiger partial charge is 0.253 e. The van der Waals surface area contributed by atoms with Gasteiger partial charge in [-0.3, -0.25) is 9.78 Å². The third kappa shape index (κ3) is 3.53. The van der Waals surface area contributed by atoms with Crippen LogP contribution in [0.5, 0.6) is 0 Å². The van der Waals surface area contributed by atoms with Crippen molar-refractivity contribution in [3.05, 3.63) is 70.9 Å². The summed E-state index contributed by atoms with van der Waals surface area (Å²) in [5, 5.41) is 2.85. The predicted octanol–water partition coefficient (Wildman–Crippen LogP) is 3.74. The Morgan fingerprint density at radius 1 is 1.14 bits per heavy atom. The predicted molar refractivity (Wildman–Crippen MR) is 110 cm³/mol. The Balaban J connectivity index is 1.59. The lowest BCUT2D eigenvalue weighted by molar-refractivity contribution is 0.0946. The molecule has 0 unspecified atom stereocenters. The van der Waals surface area contributed by atoms with Crippen molar-refractivity contribution in [1.29, 1.82) is 0 Å². The molecule has 0 spiro atoms. The van der Waals surface area contributed by atoms with Crippen molar-refractivity contribution >= 4 is 23.7 Å². The number of aromatic nitrogens is 2. The third-order valence-electron chi connectivity index (χ3n) is 4.83. The zero-order chi connectivity index (χ0) is 19.7. The summed E-state index contributed by atoms with van der Waals surface area (Å²) in [6, 6.07) is 10.8. The Bertz CT molecular complexity index is 1070. The summed E-state index contributed by atoms with van der Waals surface area (Å²) in [5.74, 6) is -0.323. The maximum absolute atomic E-state index is 14.3. The second kappa shape index (κ2) is 7.31. The average molecular weight is 376 g/mol. The van der Waals surface area contributed by atoms with Gasteiger partial charge in [0.25, 0.3) is 5.91 Å². The Kier molecular flexibility index (Phi) is 4.69. The van der Waals surface area contributed by atoms with Gasteiger partial charge in [0.15, 0.2) is 0 Å². The van der Waals surface area contributed by atoms with E-state index in [4.69, 9.17) is 0 Å². The first kappa shape index (κ1) is 18.0. The van der Waals surface area contributed by atoms with E-state index in [1.54, 1.807) is 24.4 Å². The van der Waals surface area contributed by atoms with Crippen LogP contribution in [0.3, 0.4) is 0 Å². The van der Waals surface area contributed by atoms with Gasteiger partial charge >= 0.3 is 0 Å². The molecule has 5 nitrogen and oxygen atoms in total. The molecule has 6 heteroatoms. The van der Waals surface area contributed by atoms with Crippen molar-refractivity contribution in [1.82, 2.24) is 15.3 Å². The van der Waals surface area contributed by atoms with Crippen LogP contribution in [0.15, 0.2) is 42.6 Å². The largest absolute Gasteiger partial charge is 0.378 e. The summed E-state index contributed by atoms with van der Waals surface area (Å²) < 4.78 is 14.3. The van der Waals surface area contributed by atoms with Gasteiger partial charge in [0.2, 0.25) is 0 Å². The monoisotopic (exact) mass is 376 g/mol. The number of rotatable bonds is 4. The van der Waals surface area contributed by atoms with E-state index in [-0.39, 0.29) is 11.7 Å². The van der Waals surface area contributed by atoms with E-state index in [2.05, 4.69) is 15.3 Å². The average Bonchev–Trinajstić information content (AvgIpc) is 3.13. The minimum atomic E-state index is -0.276. The molecule has 1 amide bonds. The highest BCUT2D eigenvalue weighted by Gasteiger charge is 2.19.